The molecular weight excluding hydrogens is 298 g/mol. The van der Waals surface area contributed by atoms with E-state index >= 15 is 0 Å². The highest BCUT2D eigenvalue weighted by molar-refractivity contribution is 5.87. The fraction of sp³-hybridized carbons (Fsp3) is 0.688. The number of ether oxygens (including phenoxy) is 1. The van der Waals surface area contributed by atoms with Crippen LogP contribution in [0.2, 0.25) is 0 Å². The Morgan fingerprint density at radius 1 is 1.35 bits per heavy atom. The molecule has 1 unspecified atom stereocenters. The van der Waals surface area contributed by atoms with Crippen molar-refractivity contribution in [3.8, 4) is 0 Å². The van der Waals surface area contributed by atoms with Gasteiger partial charge in [-0.3, -0.25) is 9.59 Å². The number of alkyl carbamates (subject to hydrolysis) is 1. The summed E-state index contributed by atoms with van der Waals surface area (Å²) in [5.74, 6) is -0.328. The molecule has 0 aromatic heterocycles. The predicted molar refractivity (Wildman–Crippen MR) is 86.8 cm³/mol. The van der Waals surface area contributed by atoms with Crippen molar-refractivity contribution in [1.82, 2.24) is 15.5 Å². The molecule has 0 saturated carbocycles. The largest absolute Gasteiger partial charge is 0.444 e. The monoisotopic (exact) mass is 325 g/mol. The maximum atomic E-state index is 12.1. The highest BCUT2D eigenvalue weighted by atomic mass is 16.6. The minimum Gasteiger partial charge on any atom is -0.444 e. The van der Waals surface area contributed by atoms with Gasteiger partial charge >= 0.3 is 6.09 Å². The second-order valence-corrected chi connectivity index (χ2v) is 6.57. The third-order valence-electron chi connectivity index (χ3n) is 3.32. The molecule has 1 atom stereocenters. The lowest BCUT2D eigenvalue weighted by molar-refractivity contribution is -0.132. The number of hydrogen-bond donors (Lipinski definition) is 2. The second kappa shape index (κ2) is 8.55. The molecular formula is C16H27N3O4. The summed E-state index contributed by atoms with van der Waals surface area (Å²) in [7, 11) is 0. The third kappa shape index (κ3) is 7.67. The molecule has 1 aliphatic rings. The van der Waals surface area contributed by atoms with Gasteiger partial charge in [0, 0.05) is 32.1 Å². The Bertz CT molecular complexity index is 457. The molecule has 0 radical (unpaired) electrons. The summed E-state index contributed by atoms with van der Waals surface area (Å²) in [4.78, 5) is 36.7. The number of rotatable bonds is 5. The molecule has 0 spiro atoms. The molecule has 3 amide bonds. The van der Waals surface area contributed by atoms with Gasteiger partial charge in [0.15, 0.2) is 0 Å². The number of likely N-dealkylation sites (tertiary alicyclic amines) is 1. The third-order valence-corrected chi connectivity index (χ3v) is 3.32. The SMILES string of the molecule is C=CC(=O)NCCC(=O)N1CCCC(NC(=O)OC(C)(C)C)C1. The lowest BCUT2D eigenvalue weighted by Gasteiger charge is -2.33. The van der Waals surface area contributed by atoms with Gasteiger partial charge < -0.3 is 20.3 Å². The molecule has 1 heterocycles. The first-order chi connectivity index (χ1) is 10.7. The molecule has 0 aromatic rings. The summed E-state index contributed by atoms with van der Waals surface area (Å²) in [6, 6.07) is -0.106. The lowest BCUT2D eigenvalue weighted by atomic mass is 10.1. The first-order valence-electron chi connectivity index (χ1n) is 7.89. The van der Waals surface area contributed by atoms with Crippen molar-refractivity contribution in [2.45, 2.75) is 51.7 Å². The maximum absolute atomic E-state index is 12.1. The van der Waals surface area contributed by atoms with E-state index in [1.54, 1.807) is 25.7 Å². The molecule has 1 aliphatic heterocycles. The first kappa shape index (κ1) is 19.0. The Morgan fingerprint density at radius 2 is 2.04 bits per heavy atom. The van der Waals surface area contributed by atoms with Gasteiger partial charge in [0.1, 0.15) is 5.60 Å². The standard InChI is InChI=1S/C16H27N3O4/c1-5-13(20)17-9-8-14(21)19-10-6-7-12(11-19)18-15(22)23-16(2,3)4/h5,12H,1,6-11H2,2-4H3,(H,17,20)(H,18,22). The van der Waals surface area contributed by atoms with E-state index in [2.05, 4.69) is 17.2 Å². The number of amides is 3. The molecule has 7 heteroatoms. The summed E-state index contributed by atoms with van der Waals surface area (Å²) in [6.07, 6.45) is 2.59. The van der Waals surface area contributed by atoms with E-state index in [-0.39, 0.29) is 30.8 Å². The molecule has 0 bridgehead atoms. The number of piperidine rings is 1. The minimum atomic E-state index is -0.544. The van der Waals surface area contributed by atoms with Crippen LogP contribution in [0.15, 0.2) is 12.7 Å². The molecule has 130 valence electrons. The number of carbonyl (C=O) groups is 3. The van der Waals surface area contributed by atoms with Crippen LogP contribution in [0.3, 0.4) is 0 Å². The molecule has 7 nitrogen and oxygen atoms in total. The van der Waals surface area contributed by atoms with Crippen LogP contribution in [-0.2, 0) is 14.3 Å². The van der Waals surface area contributed by atoms with Crippen LogP contribution >= 0.6 is 0 Å². The van der Waals surface area contributed by atoms with E-state index in [0.29, 0.717) is 13.1 Å². The average Bonchev–Trinajstić information content (AvgIpc) is 2.45. The van der Waals surface area contributed by atoms with E-state index in [1.807, 2.05) is 0 Å². The molecule has 1 rings (SSSR count). The smallest absolute Gasteiger partial charge is 0.407 e. The van der Waals surface area contributed by atoms with E-state index < -0.39 is 11.7 Å². The zero-order chi connectivity index (χ0) is 17.5. The molecule has 23 heavy (non-hydrogen) atoms. The zero-order valence-electron chi connectivity index (χ0n) is 14.2. The summed E-state index contributed by atoms with van der Waals surface area (Å²) >= 11 is 0. The van der Waals surface area contributed by atoms with Crippen LogP contribution in [-0.4, -0.2) is 54.1 Å². The highest BCUT2D eigenvalue weighted by Gasteiger charge is 2.26. The van der Waals surface area contributed by atoms with Gasteiger partial charge in [-0.25, -0.2) is 4.79 Å². The highest BCUT2D eigenvalue weighted by Crippen LogP contribution is 2.13. The van der Waals surface area contributed by atoms with Crippen molar-refractivity contribution in [2.24, 2.45) is 0 Å². The Hall–Kier alpha value is -2.05. The van der Waals surface area contributed by atoms with Gasteiger partial charge in [-0.2, -0.15) is 0 Å². The van der Waals surface area contributed by atoms with Gasteiger partial charge in [0.2, 0.25) is 11.8 Å². The van der Waals surface area contributed by atoms with E-state index in [9.17, 15) is 14.4 Å². The normalized spacial score (nSPS) is 18.0. The van der Waals surface area contributed by atoms with Crippen LogP contribution in [0, 0.1) is 0 Å². The Morgan fingerprint density at radius 3 is 2.65 bits per heavy atom. The molecule has 0 aliphatic carbocycles. The van der Waals surface area contributed by atoms with Gasteiger partial charge in [-0.1, -0.05) is 6.58 Å². The number of nitrogens with one attached hydrogen (secondary N) is 2. The fourth-order valence-electron chi connectivity index (χ4n) is 2.32. The molecule has 2 N–H and O–H groups in total. The van der Waals surface area contributed by atoms with Crippen LogP contribution < -0.4 is 10.6 Å². The predicted octanol–water partition coefficient (Wildman–Crippen LogP) is 1.19. The van der Waals surface area contributed by atoms with Crippen LogP contribution in [0.5, 0.6) is 0 Å². The number of nitrogens with zero attached hydrogens (tertiary/aromatic N) is 1. The van der Waals surface area contributed by atoms with E-state index in [0.717, 1.165) is 12.8 Å². The Labute approximate surface area is 137 Å². The van der Waals surface area contributed by atoms with Crippen LogP contribution in [0.25, 0.3) is 0 Å². The maximum Gasteiger partial charge on any atom is 0.407 e. The summed E-state index contributed by atoms with van der Waals surface area (Å²) in [5.41, 5.74) is -0.544. The lowest BCUT2D eigenvalue weighted by Crippen LogP contribution is -2.50. The summed E-state index contributed by atoms with van der Waals surface area (Å²) < 4.78 is 5.23. The topological polar surface area (TPSA) is 87.7 Å². The van der Waals surface area contributed by atoms with Crippen LogP contribution in [0.4, 0.5) is 4.79 Å². The number of carbonyl (C=O) groups excluding carboxylic acids is 3. The van der Waals surface area contributed by atoms with Crippen molar-refractivity contribution in [1.29, 1.82) is 0 Å². The zero-order valence-corrected chi connectivity index (χ0v) is 14.2. The van der Waals surface area contributed by atoms with Crippen molar-refractivity contribution >= 4 is 17.9 Å². The minimum absolute atomic E-state index is 0.0370. The molecule has 0 aromatic carbocycles. The Balaban J connectivity index is 2.38. The Kier molecular flexibility index (Phi) is 7.06. The van der Waals surface area contributed by atoms with Crippen molar-refractivity contribution in [3.63, 3.8) is 0 Å². The van der Waals surface area contributed by atoms with Crippen molar-refractivity contribution in [2.75, 3.05) is 19.6 Å². The van der Waals surface area contributed by atoms with Crippen molar-refractivity contribution in [3.05, 3.63) is 12.7 Å². The summed E-state index contributed by atoms with van der Waals surface area (Å²) in [5, 5.41) is 5.38. The molecule has 1 fully saturated rings. The second-order valence-electron chi connectivity index (χ2n) is 6.57. The molecule has 1 saturated heterocycles. The van der Waals surface area contributed by atoms with E-state index in [1.165, 1.54) is 6.08 Å². The van der Waals surface area contributed by atoms with Gasteiger partial charge in [0.05, 0.1) is 0 Å². The summed E-state index contributed by atoms with van der Waals surface area (Å²) in [6.45, 7) is 10.2. The van der Waals surface area contributed by atoms with Crippen LogP contribution in [0.1, 0.15) is 40.0 Å². The van der Waals surface area contributed by atoms with Crippen molar-refractivity contribution < 1.29 is 19.1 Å². The van der Waals surface area contributed by atoms with Gasteiger partial charge in [-0.05, 0) is 39.7 Å². The fourth-order valence-corrected chi connectivity index (χ4v) is 2.32. The average molecular weight is 325 g/mol. The first-order valence-corrected chi connectivity index (χ1v) is 7.89. The quantitative estimate of drug-likeness (QED) is 0.743. The van der Waals surface area contributed by atoms with E-state index in [4.69, 9.17) is 4.74 Å². The number of hydrogen-bond acceptors (Lipinski definition) is 4. The van der Waals surface area contributed by atoms with Gasteiger partial charge in [-0.15, -0.1) is 0 Å². The van der Waals surface area contributed by atoms with Gasteiger partial charge in [0.25, 0.3) is 0 Å².